The van der Waals surface area contributed by atoms with Gasteiger partial charge in [-0.3, -0.25) is 0 Å². The lowest BCUT2D eigenvalue weighted by Crippen LogP contribution is -2.72. The molecule has 0 spiro atoms. The van der Waals surface area contributed by atoms with Gasteiger partial charge in [-0.15, -0.1) is 0 Å². The first-order valence-corrected chi connectivity index (χ1v) is 14.6. The summed E-state index contributed by atoms with van der Waals surface area (Å²) in [5.41, 5.74) is -15.0. The number of rotatable bonds is 10. The lowest BCUT2D eigenvalue weighted by atomic mass is 9.56. The molecule has 3 rings (SSSR count). The van der Waals surface area contributed by atoms with Crippen LogP contribution >= 0.6 is 0 Å². The molecule has 3 N–H and O–H groups in total. The van der Waals surface area contributed by atoms with E-state index in [1.54, 1.807) is 0 Å². The zero-order chi connectivity index (χ0) is 36.6. The Balaban J connectivity index is 1.92. The molecule has 9 nitrogen and oxygen atoms in total. The first-order valence-electron chi connectivity index (χ1n) is 14.6. The number of methoxy groups -OCH3 is 2. The molecule has 0 amide bonds. The fourth-order valence-corrected chi connectivity index (χ4v) is 6.10. The molecule has 1 fully saturated rings. The van der Waals surface area contributed by atoms with Gasteiger partial charge in [0.25, 0.3) is 11.2 Å². The third-order valence-electron chi connectivity index (χ3n) is 8.95. The number of esters is 2. The van der Waals surface area contributed by atoms with Crippen molar-refractivity contribution in [2.75, 3.05) is 14.2 Å². The number of carbonyl (C=O) groups excluding carboxylic acids is 2. The summed E-state index contributed by atoms with van der Waals surface area (Å²) in [6, 6.07) is 11.9. The predicted molar refractivity (Wildman–Crippen MR) is 157 cm³/mol. The van der Waals surface area contributed by atoms with Crippen molar-refractivity contribution in [3.8, 4) is 0 Å². The molecule has 0 bridgehead atoms. The number of hydrogen-bond acceptors (Lipinski definition) is 9. The van der Waals surface area contributed by atoms with Gasteiger partial charge < -0.3 is 34.3 Å². The van der Waals surface area contributed by atoms with E-state index in [0.717, 1.165) is 50.3 Å². The lowest BCUT2D eigenvalue weighted by molar-refractivity contribution is -0.295. The van der Waals surface area contributed by atoms with Crippen LogP contribution in [-0.2, 0) is 39.7 Å². The highest BCUT2D eigenvalue weighted by Crippen LogP contribution is 2.52. The molecule has 266 valence electrons. The second-order valence-corrected chi connectivity index (χ2v) is 12.4. The monoisotopic (exact) mass is 692 g/mol. The molecule has 48 heavy (non-hydrogen) atoms. The quantitative estimate of drug-likeness (QED) is 0.181. The van der Waals surface area contributed by atoms with Gasteiger partial charge in [0.2, 0.25) is 0 Å². The highest BCUT2D eigenvalue weighted by molar-refractivity contribution is 5.83. The Hall–Kier alpha value is -3.50. The average molecular weight is 693 g/mol. The molecule has 0 unspecified atom stereocenters. The molecular weight excluding hydrogens is 654 g/mol. The van der Waals surface area contributed by atoms with Crippen molar-refractivity contribution >= 4 is 11.9 Å². The van der Waals surface area contributed by atoms with Gasteiger partial charge in [0.1, 0.15) is 29.5 Å². The molecule has 0 aromatic heterocycles. The molecule has 1 aliphatic carbocycles. The van der Waals surface area contributed by atoms with Crippen molar-refractivity contribution in [1.29, 1.82) is 0 Å². The Bertz CT molecular complexity index is 1460. The van der Waals surface area contributed by atoms with E-state index in [1.165, 1.54) is 50.2 Å². The largest absolute Gasteiger partial charge is 0.457 e. The zero-order valence-corrected chi connectivity index (χ0v) is 26.9. The fraction of sp³-hybridized carbons (Fsp3) is 0.515. The standard InChI is InChI=1S/C33H38F6O9/c1-20(47-25(41)30(45-5,32(34,35)36)21-13-9-7-10-14-21)17-18-29(44)27(2,3)19-23(24(40)28(29,4)43)48-26(42)31(46-6,33(37,38)39)22-15-11-8-12-16-22/h7-18,20,23-24,40,43-44H,19H2,1-6H3/b18-17+/t20-,23+,24-,28-,29-,30+,31+/m1/s1. The molecule has 0 radical (unpaired) electrons. The minimum Gasteiger partial charge on any atom is -0.457 e. The van der Waals surface area contributed by atoms with Crippen molar-refractivity contribution in [3.05, 3.63) is 83.9 Å². The van der Waals surface area contributed by atoms with Crippen LogP contribution in [0.15, 0.2) is 72.8 Å². The van der Waals surface area contributed by atoms with Crippen LogP contribution in [0.3, 0.4) is 0 Å². The normalized spacial score (nSPS) is 27.8. The fourth-order valence-electron chi connectivity index (χ4n) is 6.10. The van der Waals surface area contributed by atoms with E-state index < -0.39 is 88.0 Å². The summed E-state index contributed by atoms with van der Waals surface area (Å²) < 4.78 is 106. The van der Waals surface area contributed by atoms with Gasteiger partial charge in [-0.25, -0.2) is 9.59 Å². The topological polar surface area (TPSA) is 132 Å². The van der Waals surface area contributed by atoms with Crippen molar-refractivity contribution in [2.24, 2.45) is 5.41 Å². The van der Waals surface area contributed by atoms with Gasteiger partial charge in [-0.05, 0) is 32.4 Å². The highest BCUT2D eigenvalue weighted by Gasteiger charge is 2.68. The number of hydrogen-bond donors (Lipinski definition) is 3. The highest BCUT2D eigenvalue weighted by atomic mass is 19.4. The van der Waals surface area contributed by atoms with Crippen molar-refractivity contribution in [1.82, 2.24) is 0 Å². The molecule has 2 aromatic carbocycles. The summed E-state index contributed by atoms with van der Waals surface area (Å²) >= 11 is 0. The smallest absolute Gasteiger partial charge is 0.432 e. The van der Waals surface area contributed by atoms with Gasteiger partial charge in [-0.1, -0.05) is 74.5 Å². The molecule has 0 heterocycles. The number of ether oxygens (including phenoxy) is 4. The second-order valence-electron chi connectivity index (χ2n) is 12.4. The van der Waals surface area contributed by atoms with Crippen LogP contribution in [-0.4, -0.2) is 83.3 Å². The molecular formula is C33H38F6O9. The summed E-state index contributed by atoms with van der Waals surface area (Å²) in [6.07, 6.45) is -14.8. The van der Waals surface area contributed by atoms with Gasteiger partial charge in [0.15, 0.2) is 0 Å². The van der Waals surface area contributed by atoms with E-state index in [1.807, 2.05) is 0 Å². The Kier molecular flexibility index (Phi) is 10.9. The molecule has 1 aliphatic rings. The van der Waals surface area contributed by atoms with E-state index in [-0.39, 0.29) is 0 Å². The number of benzene rings is 2. The number of alkyl halides is 6. The maximum Gasteiger partial charge on any atom is 0.432 e. The zero-order valence-electron chi connectivity index (χ0n) is 26.9. The van der Waals surface area contributed by atoms with Crippen LogP contribution in [0.2, 0.25) is 0 Å². The van der Waals surface area contributed by atoms with Gasteiger partial charge in [-0.2, -0.15) is 26.3 Å². The number of aliphatic hydroxyl groups excluding tert-OH is 1. The summed E-state index contributed by atoms with van der Waals surface area (Å²) in [5, 5.41) is 34.4. The average Bonchev–Trinajstić information content (AvgIpc) is 2.99. The second kappa shape index (κ2) is 13.4. The van der Waals surface area contributed by atoms with Crippen LogP contribution in [0.4, 0.5) is 26.3 Å². The number of halogens is 6. The summed E-state index contributed by atoms with van der Waals surface area (Å²) in [7, 11) is 1.34. The third-order valence-corrected chi connectivity index (χ3v) is 8.95. The Morgan fingerprint density at radius 3 is 1.62 bits per heavy atom. The van der Waals surface area contributed by atoms with Crippen molar-refractivity contribution in [2.45, 2.75) is 87.2 Å². The molecule has 0 saturated heterocycles. The maximum absolute atomic E-state index is 14.4. The number of carbonyl (C=O) groups is 2. The van der Waals surface area contributed by atoms with E-state index in [2.05, 4.69) is 0 Å². The molecule has 1 saturated carbocycles. The van der Waals surface area contributed by atoms with Crippen LogP contribution in [0, 0.1) is 5.41 Å². The molecule has 15 heteroatoms. The van der Waals surface area contributed by atoms with Gasteiger partial charge in [0.05, 0.1) is 0 Å². The first-order chi connectivity index (χ1) is 22.0. The molecule has 2 aromatic rings. The Labute approximate surface area is 273 Å². The molecule has 7 atom stereocenters. The van der Waals surface area contributed by atoms with E-state index >= 15 is 0 Å². The van der Waals surface area contributed by atoms with E-state index in [0.29, 0.717) is 14.2 Å². The maximum atomic E-state index is 14.4. The summed E-state index contributed by atoms with van der Waals surface area (Å²) in [4.78, 5) is 26.3. The van der Waals surface area contributed by atoms with Crippen molar-refractivity contribution < 1.29 is 70.2 Å². The van der Waals surface area contributed by atoms with Crippen LogP contribution in [0.1, 0.15) is 45.2 Å². The van der Waals surface area contributed by atoms with Gasteiger partial charge in [0, 0.05) is 30.8 Å². The SMILES string of the molecule is CO[C@](C(=O)O[C@H](C)/C=C/[C@@]1(O)C(C)(C)C[C@H](OC(=O)[C@@](OC)(c2ccccc2)C(F)(F)F)[C@@H](O)[C@@]1(C)O)(c1ccccc1)C(F)(F)F. The third kappa shape index (κ3) is 6.33. The van der Waals surface area contributed by atoms with Gasteiger partial charge >= 0.3 is 24.3 Å². The van der Waals surface area contributed by atoms with Crippen molar-refractivity contribution in [3.63, 3.8) is 0 Å². The van der Waals surface area contributed by atoms with E-state index in [4.69, 9.17) is 18.9 Å². The van der Waals surface area contributed by atoms with Crippen LogP contribution in [0.5, 0.6) is 0 Å². The van der Waals surface area contributed by atoms with E-state index in [9.17, 15) is 51.3 Å². The van der Waals surface area contributed by atoms with Crippen LogP contribution < -0.4 is 0 Å². The Morgan fingerprint density at radius 2 is 1.23 bits per heavy atom. The number of aliphatic hydroxyl groups is 3. The predicted octanol–water partition coefficient (Wildman–Crippen LogP) is 4.87. The summed E-state index contributed by atoms with van der Waals surface area (Å²) in [5.74, 6) is -3.77. The van der Waals surface area contributed by atoms with Crippen LogP contribution in [0.25, 0.3) is 0 Å². The molecule has 0 aliphatic heterocycles. The summed E-state index contributed by atoms with van der Waals surface area (Å²) in [6.45, 7) is 4.78. The first kappa shape index (κ1) is 38.9. The minimum absolute atomic E-state index is 0.521. The lowest BCUT2D eigenvalue weighted by Gasteiger charge is -2.57. The minimum atomic E-state index is -5.33. The Morgan fingerprint density at radius 1 is 0.812 bits per heavy atom.